The number of hydrogen-bond acceptors (Lipinski definition) is 8. The number of piperazine rings is 6. The summed E-state index contributed by atoms with van der Waals surface area (Å²) in [5.41, 5.74) is -11.1. The van der Waals surface area contributed by atoms with E-state index in [4.69, 9.17) is 25.9 Å². The fourth-order valence-electron chi connectivity index (χ4n) is 3.04. The van der Waals surface area contributed by atoms with Gasteiger partial charge in [-0.25, -0.2) is 0 Å². The summed E-state index contributed by atoms with van der Waals surface area (Å²) in [6.07, 6.45) is 0. The fraction of sp³-hybridized carbons (Fsp3) is 1.00. The van der Waals surface area contributed by atoms with Gasteiger partial charge in [-0.3, -0.25) is 28.7 Å². The highest BCUT2D eigenvalue weighted by Crippen LogP contribution is 2.21. The number of rotatable bonds is 0. The molecule has 192 valence electrons. The lowest BCUT2D eigenvalue weighted by Crippen LogP contribution is -2.55. The third kappa shape index (κ3) is 10.4. The van der Waals surface area contributed by atoms with Gasteiger partial charge in [0.2, 0.25) is 0 Å². The molecular weight excluding hydrogens is 498 g/mol. The lowest BCUT2D eigenvalue weighted by Gasteiger charge is -2.41. The average Bonchev–Trinajstić information content (AvgIpc) is 2.69. The highest BCUT2D eigenvalue weighted by molar-refractivity contribution is 7.86. The van der Waals surface area contributed by atoms with E-state index >= 15 is 0 Å². The molecule has 6 aliphatic heterocycles. The van der Waals surface area contributed by atoms with Gasteiger partial charge >= 0.3 is 31.3 Å². The van der Waals surface area contributed by atoms with Gasteiger partial charge in [-0.2, -0.15) is 43.2 Å². The number of nitrogens with zero attached hydrogens (tertiary/aromatic N) is 4. The largest absolute Gasteiger partial charge is 0.522 e. The second-order valence-corrected chi connectivity index (χ2v) is 10.0. The minimum atomic E-state index is -5.84. The molecule has 0 aromatic carbocycles. The van der Waals surface area contributed by atoms with E-state index in [0.29, 0.717) is 0 Å². The Bertz CT molecular complexity index is 664. The monoisotopic (exact) mass is 524 g/mol. The van der Waals surface area contributed by atoms with Crippen LogP contribution in [0.1, 0.15) is 0 Å². The van der Waals surface area contributed by atoms with Gasteiger partial charge in [-0.1, -0.05) is 0 Å². The van der Waals surface area contributed by atoms with Crippen LogP contribution in [0.5, 0.6) is 0 Å². The Morgan fingerprint density at radius 2 is 0.531 bits per heavy atom. The molecule has 0 aromatic heterocycles. The Kier molecular flexibility index (Phi) is 10.6. The number of hydrogen-bond donors (Lipinski definition) is 2. The van der Waals surface area contributed by atoms with E-state index in [1.165, 1.54) is 78.5 Å². The molecule has 6 aliphatic rings. The SMILES string of the molecule is C1CN2CCN1CC2.C1CN2CCN1CC2.O=S(=O)(O)C(F)(F)F.O=S(=O)(O)C(F)(F)F. The first-order valence-corrected chi connectivity index (χ1v) is 12.2. The maximum absolute atomic E-state index is 10.7. The molecule has 6 fully saturated rings. The minimum absolute atomic E-state index is 1.32. The number of halogens is 6. The maximum Gasteiger partial charge on any atom is 0.522 e. The Balaban J connectivity index is 0.000000213. The van der Waals surface area contributed by atoms with Crippen molar-refractivity contribution in [2.24, 2.45) is 0 Å². The third-order valence-corrected chi connectivity index (χ3v) is 6.15. The molecule has 32 heavy (non-hydrogen) atoms. The van der Waals surface area contributed by atoms with E-state index in [2.05, 4.69) is 19.6 Å². The summed E-state index contributed by atoms with van der Waals surface area (Å²) in [7, 11) is -11.7. The summed E-state index contributed by atoms with van der Waals surface area (Å²) in [5.74, 6) is 0. The quantitative estimate of drug-likeness (QED) is 0.255. The van der Waals surface area contributed by atoms with Gasteiger partial charge in [0.05, 0.1) is 0 Å². The molecule has 6 saturated heterocycles. The van der Waals surface area contributed by atoms with Crippen LogP contribution < -0.4 is 0 Å². The van der Waals surface area contributed by atoms with E-state index in [1.54, 1.807) is 0 Å². The van der Waals surface area contributed by atoms with Crippen LogP contribution in [0.15, 0.2) is 0 Å². The van der Waals surface area contributed by atoms with Crippen molar-refractivity contribution in [2.45, 2.75) is 11.0 Å². The van der Waals surface area contributed by atoms with Crippen molar-refractivity contribution in [3.8, 4) is 0 Å². The summed E-state index contributed by atoms with van der Waals surface area (Å²) < 4.78 is 115. The van der Waals surface area contributed by atoms with E-state index in [-0.39, 0.29) is 0 Å². The predicted octanol–water partition coefficient (Wildman–Crippen LogP) is 0.0232. The van der Waals surface area contributed by atoms with Crippen LogP contribution in [0.2, 0.25) is 0 Å². The first kappa shape index (κ1) is 29.3. The van der Waals surface area contributed by atoms with Gasteiger partial charge in [-0.15, -0.1) is 0 Å². The van der Waals surface area contributed by atoms with Gasteiger partial charge in [-0.05, 0) is 0 Å². The minimum Gasteiger partial charge on any atom is -0.300 e. The molecule has 0 atom stereocenters. The molecule has 0 aliphatic carbocycles. The molecule has 0 radical (unpaired) electrons. The van der Waals surface area contributed by atoms with Crippen molar-refractivity contribution >= 4 is 20.2 Å². The molecular formula is C14H26F6N4O6S2. The smallest absolute Gasteiger partial charge is 0.300 e. The van der Waals surface area contributed by atoms with Crippen molar-refractivity contribution in [3.05, 3.63) is 0 Å². The molecule has 0 spiro atoms. The van der Waals surface area contributed by atoms with Gasteiger partial charge < -0.3 is 0 Å². The zero-order valence-corrected chi connectivity index (χ0v) is 18.5. The molecule has 4 bridgehead atoms. The van der Waals surface area contributed by atoms with Crippen molar-refractivity contribution in [3.63, 3.8) is 0 Å². The van der Waals surface area contributed by atoms with E-state index < -0.39 is 31.3 Å². The van der Waals surface area contributed by atoms with Gasteiger partial charge in [0.25, 0.3) is 0 Å². The van der Waals surface area contributed by atoms with Crippen molar-refractivity contribution in [2.75, 3.05) is 78.5 Å². The van der Waals surface area contributed by atoms with Crippen LogP contribution in [0.4, 0.5) is 26.3 Å². The van der Waals surface area contributed by atoms with Crippen LogP contribution >= 0.6 is 0 Å². The normalized spacial score (nSPS) is 29.5. The summed E-state index contributed by atoms with van der Waals surface area (Å²) >= 11 is 0. The number of fused-ring (bicyclic) bond motifs is 6. The Labute approximate surface area is 182 Å². The van der Waals surface area contributed by atoms with E-state index in [9.17, 15) is 26.3 Å². The van der Waals surface area contributed by atoms with Crippen LogP contribution in [0.3, 0.4) is 0 Å². The molecule has 0 amide bonds. The van der Waals surface area contributed by atoms with Crippen molar-refractivity contribution in [1.29, 1.82) is 0 Å². The summed E-state index contributed by atoms with van der Waals surface area (Å²) in [4.78, 5) is 10.2. The second-order valence-electron chi connectivity index (χ2n) is 7.21. The fourth-order valence-corrected chi connectivity index (χ4v) is 3.04. The Morgan fingerprint density at radius 1 is 0.438 bits per heavy atom. The van der Waals surface area contributed by atoms with E-state index in [0.717, 1.165) is 0 Å². The maximum atomic E-state index is 10.7. The van der Waals surface area contributed by atoms with Crippen molar-refractivity contribution in [1.82, 2.24) is 19.6 Å². The lowest BCUT2D eigenvalue weighted by atomic mass is 10.2. The summed E-state index contributed by atoms with van der Waals surface area (Å²) in [5, 5.41) is 0. The molecule has 2 N–H and O–H groups in total. The van der Waals surface area contributed by atoms with Crippen LogP contribution in [-0.4, -0.2) is 135 Å². The molecule has 10 nitrogen and oxygen atoms in total. The highest BCUT2D eigenvalue weighted by atomic mass is 32.2. The Morgan fingerprint density at radius 3 is 0.562 bits per heavy atom. The van der Waals surface area contributed by atoms with Gasteiger partial charge in [0, 0.05) is 78.5 Å². The molecule has 0 unspecified atom stereocenters. The van der Waals surface area contributed by atoms with Crippen molar-refractivity contribution < 1.29 is 52.3 Å². The van der Waals surface area contributed by atoms with Gasteiger partial charge in [0.1, 0.15) is 0 Å². The standard InChI is InChI=1S/2C6H12N2.2CHF3O3S/c2*1-2-8-5-3-7(1)4-6-8;2*2-1(3,4)8(5,6)7/h2*1-6H2;2*(H,5,6,7). The first-order valence-electron chi connectivity index (χ1n) is 9.37. The van der Waals surface area contributed by atoms with Gasteiger partial charge in [0.15, 0.2) is 0 Å². The zero-order valence-electron chi connectivity index (χ0n) is 16.9. The average molecular weight is 525 g/mol. The lowest BCUT2D eigenvalue weighted by molar-refractivity contribution is -0.0514. The third-order valence-electron chi connectivity index (χ3n) is 4.98. The molecule has 0 aromatic rings. The predicted molar refractivity (Wildman–Crippen MR) is 101 cm³/mol. The molecule has 6 heterocycles. The summed E-state index contributed by atoms with van der Waals surface area (Å²) in [6.45, 7) is 15.8. The number of alkyl halides is 6. The van der Waals surface area contributed by atoms with Crippen LogP contribution in [0, 0.1) is 0 Å². The summed E-state index contributed by atoms with van der Waals surface area (Å²) in [6, 6.07) is 0. The molecule has 6 rings (SSSR count). The molecule has 18 heteroatoms. The zero-order chi connectivity index (χ0) is 24.8. The Hall–Kier alpha value is -0.760. The molecule has 0 saturated carbocycles. The first-order chi connectivity index (χ1) is 14.4. The van der Waals surface area contributed by atoms with Crippen LogP contribution in [0.25, 0.3) is 0 Å². The van der Waals surface area contributed by atoms with E-state index in [1.807, 2.05) is 0 Å². The van der Waals surface area contributed by atoms with Crippen LogP contribution in [-0.2, 0) is 20.2 Å². The topological polar surface area (TPSA) is 122 Å². The highest BCUT2D eigenvalue weighted by Gasteiger charge is 2.45. The second kappa shape index (κ2) is 11.6.